The normalized spacial score (nSPS) is 13.7. The molecule has 1 aromatic heterocycles. The molecule has 2 N–H and O–H groups in total. The van der Waals surface area contributed by atoms with Gasteiger partial charge in [0, 0.05) is 23.9 Å². The summed E-state index contributed by atoms with van der Waals surface area (Å²) in [5, 5.41) is 0. The first-order valence-corrected chi connectivity index (χ1v) is 9.55. The quantitative estimate of drug-likeness (QED) is 0.253. The summed E-state index contributed by atoms with van der Waals surface area (Å²) in [6, 6.07) is 8.47. The minimum Gasteiger partial charge on any atom is -0.488 e. The summed E-state index contributed by atoms with van der Waals surface area (Å²) < 4.78 is 51.4. The van der Waals surface area contributed by atoms with E-state index in [-0.39, 0.29) is 24.3 Å². The second-order valence-corrected chi connectivity index (χ2v) is 7.01. The van der Waals surface area contributed by atoms with E-state index in [1.165, 1.54) is 37.4 Å². The average molecular weight is 433 g/mol. The Kier molecular flexibility index (Phi) is 8.38. The van der Waals surface area contributed by atoms with Crippen molar-refractivity contribution in [3.63, 3.8) is 0 Å². The SMILES string of the molecule is C=C(OC(C)COC)/C(=C(\N=C(C)N)c1ccc(F)cc1)c1cc(C)nc(C(F)F)c1. The van der Waals surface area contributed by atoms with E-state index in [4.69, 9.17) is 15.2 Å². The van der Waals surface area contributed by atoms with Crippen molar-refractivity contribution in [2.45, 2.75) is 33.3 Å². The fourth-order valence-electron chi connectivity index (χ4n) is 3.00. The average Bonchev–Trinajstić information content (AvgIpc) is 2.67. The highest BCUT2D eigenvalue weighted by molar-refractivity contribution is 6.00. The van der Waals surface area contributed by atoms with Crippen LogP contribution in [0.1, 0.15) is 42.8 Å². The van der Waals surface area contributed by atoms with Crippen molar-refractivity contribution in [1.82, 2.24) is 4.98 Å². The van der Waals surface area contributed by atoms with Crippen LogP contribution in [0.5, 0.6) is 0 Å². The van der Waals surface area contributed by atoms with Gasteiger partial charge in [0.25, 0.3) is 6.43 Å². The molecule has 0 fully saturated rings. The van der Waals surface area contributed by atoms with Gasteiger partial charge in [0.15, 0.2) is 0 Å². The van der Waals surface area contributed by atoms with Crippen molar-refractivity contribution in [3.8, 4) is 0 Å². The maximum atomic E-state index is 13.5. The zero-order valence-electron chi connectivity index (χ0n) is 18.0. The second kappa shape index (κ2) is 10.8. The molecule has 1 atom stereocenters. The predicted octanol–water partition coefficient (Wildman–Crippen LogP) is 5.28. The van der Waals surface area contributed by atoms with Crippen LogP contribution in [-0.2, 0) is 9.47 Å². The first-order valence-electron chi connectivity index (χ1n) is 9.55. The molecule has 0 spiro atoms. The largest absolute Gasteiger partial charge is 0.488 e. The van der Waals surface area contributed by atoms with Crippen molar-refractivity contribution in [2.75, 3.05) is 13.7 Å². The number of ether oxygens (including phenoxy) is 2. The second-order valence-electron chi connectivity index (χ2n) is 7.01. The fraction of sp³-hybridized carbons (Fsp3) is 0.304. The van der Waals surface area contributed by atoms with E-state index < -0.39 is 17.9 Å². The Morgan fingerprint density at radius 2 is 1.84 bits per heavy atom. The van der Waals surface area contributed by atoms with E-state index in [2.05, 4.69) is 16.6 Å². The van der Waals surface area contributed by atoms with Crippen molar-refractivity contribution in [1.29, 1.82) is 0 Å². The highest BCUT2D eigenvalue weighted by atomic mass is 19.3. The van der Waals surface area contributed by atoms with Gasteiger partial charge < -0.3 is 15.2 Å². The number of amidine groups is 1. The molecule has 1 aromatic carbocycles. The lowest BCUT2D eigenvalue weighted by atomic mass is 9.97. The molecule has 0 amide bonds. The molecule has 2 rings (SSSR count). The Labute approximate surface area is 180 Å². The molecular formula is C23H26F3N3O2. The summed E-state index contributed by atoms with van der Waals surface area (Å²) in [7, 11) is 1.53. The third-order valence-corrected chi connectivity index (χ3v) is 4.15. The molecule has 0 saturated heterocycles. The number of aromatic nitrogens is 1. The van der Waals surface area contributed by atoms with Crippen LogP contribution >= 0.6 is 0 Å². The number of hydrogen-bond acceptors (Lipinski definition) is 4. The van der Waals surface area contributed by atoms with Crippen molar-refractivity contribution < 1.29 is 22.6 Å². The molecule has 166 valence electrons. The number of methoxy groups -OCH3 is 1. The number of hydrogen-bond donors (Lipinski definition) is 1. The molecule has 1 unspecified atom stereocenters. The molecule has 0 saturated carbocycles. The van der Waals surface area contributed by atoms with Gasteiger partial charge in [-0.05, 0) is 62.7 Å². The van der Waals surface area contributed by atoms with Gasteiger partial charge in [-0.15, -0.1) is 0 Å². The maximum absolute atomic E-state index is 13.5. The predicted molar refractivity (Wildman–Crippen MR) is 116 cm³/mol. The summed E-state index contributed by atoms with van der Waals surface area (Å²) in [5.74, 6) is -0.0317. The van der Waals surface area contributed by atoms with Gasteiger partial charge >= 0.3 is 0 Å². The minimum absolute atomic E-state index is 0.180. The number of benzene rings is 1. The number of aliphatic imine (C=N–C) groups is 1. The third kappa shape index (κ3) is 6.68. The molecule has 0 aliphatic heterocycles. The number of nitrogens with two attached hydrogens (primary N) is 1. The fourth-order valence-corrected chi connectivity index (χ4v) is 3.00. The van der Waals surface area contributed by atoms with Crippen LogP contribution in [-0.4, -0.2) is 30.6 Å². The lowest BCUT2D eigenvalue weighted by molar-refractivity contribution is 0.0552. The standard InChI is InChI=1S/C23H26F3N3O2/c1-13-10-18(11-20(28-13)23(25)26)21(15(3)31-14(2)12-30-5)22(29-16(4)27)17-6-8-19(24)9-7-17/h6-11,14,23H,3,12H2,1-2,4-5H3,(H2,27,29)/b22-21+. The summed E-state index contributed by atoms with van der Waals surface area (Å²) >= 11 is 0. The molecule has 0 aliphatic rings. The number of alkyl halides is 2. The monoisotopic (exact) mass is 433 g/mol. The van der Waals surface area contributed by atoms with Gasteiger partial charge in [-0.2, -0.15) is 0 Å². The molecule has 0 aliphatic carbocycles. The Hall–Kier alpha value is -3.13. The van der Waals surface area contributed by atoms with Gasteiger partial charge in [0.05, 0.1) is 18.1 Å². The lowest BCUT2D eigenvalue weighted by Crippen LogP contribution is -2.15. The number of pyridine rings is 1. The van der Waals surface area contributed by atoms with Gasteiger partial charge in [0.2, 0.25) is 0 Å². The summed E-state index contributed by atoms with van der Waals surface area (Å²) in [5.41, 5.74) is 7.38. The van der Waals surface area contributed by atoms with E-state index in [9.17, 15) is 13.2 Å². The number of allylic oxidation sites excluding steroid dienone is 1. The van der Waals surface area contributed by atoms with E-state index >= 15 is 0 Å². The Bertz CT molecular complexity index is 982. The number of halogens is 3. The minimum atomic E-state index is -2.77. The van der Waals surface area contributed by atoms with Crippen LogP contribution in [0.2, 0.25) is 0 Å². The van der Waals surface area contributed by atoms with Crippen LogP contribution in [0.3, 0.4) is 0 Å². The lowest BCUT2D eigenvalue weighted by Gasteiger charge is -2.21. The van der Waals surface area contributed by atoms with E-state index in [0.29, 0.717) is 28.1 Å². The van der Waals surface area contributed by atoms with Crippen molar-refractivity contribution in [2.24, 2.45) is 10.7 Å². The summed E-state index contributed by atoms with van der Waals surface area (Å²) in [6.45, 7) is 9.26. The molecule has 8 heteroatoms. The van der Waals surface area contributed by atoms with Crippen molar-refractivity contribution in [3.05, 3.63) is 77.1 Å². The van der Waals surface area contributed by atoms with Crippen LogP contribution in [0.25, 0.3) is 11.3 Å². The molecule has 1 heterocycles. The number of nitrogens with zero attached hydrogens (tertiary/aromatic N) is 2. The number of rotatable bonds is 9. The van der Waals surface area contributed by atoms with E-state index in [0.717, 1.165) is 0 Å². The zero-order valence-corrected chi connectivity index (χ0v) is 18.0. The first kappa shape index (κ1) is 24.1. The summed E-state index contributed by atoms with van der Waals surface area (Å²) in [6.07, 6.45) is -3.14. The van der Waals surface area contributed by atoms with Crippen LogP contribution in [0.15, 0.2) is 53.7 Å². The summed E-state index contributed by atoms with van der Waals surface area (Å²) in [4.78, 5) is 8.30. The number of aryl methyl sites for hydroxylation is 1. The van der Waals surface area contributed by atoms with Gasteiger partial charge in [-0.25, -0.2) is 18.2 Å². The van der Waals surface area contributed by atoms with Crippen molar-refractivity contribution >= 4 is 17.1 Å². The van der Waals surface area contributed by atoms with Gasteiger partial charge in [0.1, 0.15) is 23.4 Å². The molecule has 2 aromatic rings. The highest BCUT2D eigenvalue weighted by Crippen LogP contribution is 2.35. The Morgan fingerprint density at radius 1 is 1.19 bits per heavy atom. The van der Waals surface area contributed by atoms with E-state index in [1.807, 2.05) is 0 Å². The van der Waals surface area contributed by atoms with E-state index in [1.54, 1.807) is 26.8 Å². The Morgan fingerprint density at radius 3 is 2.39 bits per heavy atom. The van der Waals surface area contributed by atoms with Crippen LogP contribution in [0, 0.1) is 12.7 Å². The molecule has 0 radical (unpaired) electrons. The Balaban J connectivity index is 2.81. The maximum Gasteiger partial charge on any atom is 0.280 e. The topological polar surface area (TPSA) is 69.7 Å². The molecule has 5 nitrogen and oxygen atoms in total. The van der Waals surface area contributed by atoms with Gasteiger partial charge in [-0.3, -0.25) is 4.98 Å². The molecule has 0 bridgehead atoms. The molecular weight excluding hydrogens is 407 g/mol. The van der Waals surface area contributed by atoms with Crippen LogP contribution in [0.4, 0.5) is 13.2 Å². The zero-order chi connectivity index (χ0) is 23.1. The van der Waals surface area contributed by atoms with Crippen LogP contribution < -0.4 is 5.73 Å². The third-order valence-electron chi connectivity index (χ3n) is 4.15. The van der Waals surface area contributed by atoms with Gasteiger partial charge in [-0.1, -0.05) is 6.58 Å². The first-order chi connectivity index (χ1) is 14.6. The smallest absolute Gasteiger partial charge is 0.280 e. The molecule has 31 heavy (non-hydrogen) atoms. The highest BCUT2D eigenvalue weighted by Gasteiger charge is 2.21.